The van der Waals surface area contributed by atoms with Crippen molar-refractivity contribution in [1.29, 1.82) is 0 Å². The first-order chi connectivity index (χ1) is 5.79. The van der Waals surface area contributed by atoms with Crippen molar-refractivity contribution in [1.82, 2.24) is 4.90 Å². The van der Waals surface area contributed by atoms with E-state index in [2.05, 4.69) is 6.92 Å². The minimum absolute atomic E-state index is 0.188. The summed E-state index contributed by atoms with van der Waals surface area (Å²) >= 11 is 5.54. The molecule has 1 heterocycles. The molecule has 12 heavy (non-hydrogen) atoms. The molecule has 1 unspecified atom stereocenters. The van der Waals surface area contributed by atoms with E-state index in [0.717, 1.165) is 19.4 Å². The molecule has 3 nitrogen and oxygen atoms in total. The molecule has 0 aromatic carbocycles. The summed E-state index contributed by atoms with van der Waals surface area (Å²) in [5.74, 6) is 0.597. The van der Waals surface area contributed by atoms with E-state index >= 15 is 0 Å². The van der Waals surface area contributed by atoms with E-state index in [9.17, 15) is 4.79 Å². The molecule has 0 N–H and O–H groups in total. The third-order valence-electron chi connectivity index (χ3n) is 2.08. The summed E-state index contributed by atoms with van der Waals surface area (Å²) in [5, 5.41) is 0. The van der Waals surface area contributed by atoms with Gasteiger partial charge >= 0.3 is 6.09 Å². The maximum atomic E-state index is 11.1. The lowest BCUT2D eigenvalue weighted by atomic mass is 10.2. The quantitative estimate of drug-likeness (QED) is 0.635. The van der Waals surface area contributed by atoms with Crippen LogP contribution in [-0.2, 0) is 4.74 Å². The molecule has 1 atom stereocenters. The maximum Gasteiger partial charge on any atom is 0.410 e. The van der Waals surface area contributed by atoms with Crippen molar-refractivity contribution >= 4 is 17.7 Å². The number of hydrogen-bond acceptors (Lipinski definition) is 2. The van der Waals surface area contributed by atoms with E-state index in [0.29, 0.717) is 12.5 Å². The molecule has 0 aromatic rings. The van der Waals surface area contributed by atoms with Gasteiger partial charge in [-0.15, -0.1) is 11.6 Å². The number of rotatable bonds is 4. The standard InChI is InChI=1S/C8H14ClNO2/c1-2-7-6-12-8(11)10(7)5-3-4-9/h7H,2-6H2,1H3. The summed E-state index contributed by atoms with van der Waals surface area (Å²) in [5.41, 5.74) is 0. The molecule has 0 aromatic heterocycles. The predicted molar refractivity (Wildman–Crippen MR) is 47.5 cm³/mol. The second-order valence-corrected chi connectivity index (χ2v) is 3.25. The average Bonchev–Trinajstić information content (AvgIpc) is 2.43. The molecule has 4 heteroatoms. The lowest BCUT2D eigenvalue weighted by Crippen LogP contribution is -2.33. The summed E-state index contributed by atoms with van der Waals surface area (Å²) < 4.78 is 4.91. The summed E-state index contributed by atoms with van der Waals surface area (Å²) in [7, 11) is 0. The van der Waals surface area contributed by atoms with Gasteiger partial charge < -0.3 is 9.64 Å². The highest BCUT2D eigenvalue weighted by Gasteiger charge is 2.30. The molecule has 0 spiro atoms. The molecule has 0 bridgehead atoms. The number of carbonyl (C=O) groups is 1. The molecule has 1 aliphatic rings. The number of carbonyl (C=O) groups excluding carboxylic acids is 1. The van der Waals surface area contributed by atoms with Crippen LogP contribution >= 0.6 is 11.6 Å². The highest BCUT2D eigenvalue weighted by molar-refractivity contribution is 6.17. The van der Waals surface area contributed by atoms with E-state index in [4.69, 9.17) is 16.3 Å². The van der Waals surface area contributed by atoms with Crippen molar-refractivity contribution in [3.05, 3.63) is 0 Å². The summed E-state index contributed by atoms with van der Waals surface area (Å²) in [6, 6.07) is 0.265. The van der Waals surface area contributed by atoms with Crippen LogP contribution in [0.15, 0.2) is 0 Å². The van der Waals surface area contributed by atoms with Crippen LogP contribution in [-0.4, -0.2) is 36.1 Å². The number of amides is 1. The van der Waals surface area contributed by atoms with E-state index in [1.165, 1.54) is 0 Å². The van der Waals surface area contributed by atoms with Crippen molar-refractivity contribution < 1.29 is 9.53 Å². The predicted octanol–water partition coefficient (Wildman–Crippen LogP) is 1.85. The highest BCUT2D eigenvalue weighted by atomic mass is 35.5. The number of nitrogens with zero attached hydrogens (tertiary/aromatic N) is 1. The van der Waals surface area contributed by atoms with Crippen molar-refractivity contribution in [2.75, 3.05) is 19.0 Å². The first-order valence-electron chi connectivity index (χ1n) is 4.29. The summed E-state index contributed by atoms with van der Waals surface area (Å²) in [6.07, 6.45) is 1.60. The molecule has 70 valence electrons. The van der Waals surface area contributed by atoms with Gasteiger partial charge in [-0.2, -0.15) is 0 Å². The van der Waals surface area contributed by atoms with E-state index in [1.54, 1.807) is 4.90 Å². The molecule has 0 aliphatic carbocycles. The Hall–Kier alpha value is -0.440. The molecular formula is C8H14ClNO2. The molecule has 1 fully saturated rings. The number of hydrogen-bond donors (Lipinski definition) is 0. The molecule has 0 saturated carbocycles. The number of alkyl halides is 1. The molecule has 1 aliphatic heterocycles. The first kappa shape index (κ1) is 9.65. The molecule has 1 saturated heterocycles. The monoisotopic (exact) mass is 191 g/mol. The highest BCUT2D eigenvalue weighted by Crippen LogP contribution is 2.15. The van der Waals surface area contributed by atoms with Gasteiger partial charge in [-0.05, 0) is 12.8 Å². The number of ether oxygens (including phenoxy) is 1. The Balaban J connectivity index is 2.40. The van der Waals surface area contributed by atoms with Gasteiger partial charge in [-0.3, -0.25) is 0 Å². The Morgan fingerprint density at radius 1 is 1.75 bits per heavy atom. The van der Waals surface area contributed by atoms with Gasteiger partial charge in [-0.25, -0.2) is 4.79 Å². The second kappa shape index (κ2) is 4.55. The fourth-order valence-electron chi connectivity index (χ4n) is 1.33. The Kier molecular flexibility index (Phi) is 3.66. The van der Waals surface area contributed by atoms with E-state index in [1.807, 2.05) is 0 Å². The van der Waals surface area contributed by atoms with Crippen molar-refractivity contribution in [2.45, 2.75) is 25.8 Å². The SMILES string of the molecule is CCC1COC(=O)N1CCCCl. The fourth-order valence-corrected chi connectivity index (χ4v) is 1.45. The van der Waals surface area contributed by atoms with Crippen LogP contribution in [0.25, 0.3) is 0 Å². The van der Waals surface area contributed by atoms with E-state index in [-0.39, 0.29) is 12.1 Å². The lowest BCUT2D eigenvalue weighted by molar-refractivity contribution is 0.157. The Morgan fingerprint density at radius 2 is 2.50 bits per heavy atom. The second-order valence-electron chi connectivity index (χ2n) is 2.87. The molecule has 1 amide bonds. The van der Waals surface area contributed by atoms with Gasteiger partial charge in [0.1, 0.15) is 6.61 Å². The van der Waals surface area contributed by atoms with Crippen LogP contribution in [0.2, 0.25) is 0 Å². The minimum Gasteiger partial charge on any atom is -0.447 e. The van der Waals surface area contributed by atoms with Crippen LogP contribution in [0, 0.1) is 0 Å². The normalized spacial score (nSPS) is 23.0. The smallest absolute Gasteiger partial charge is 0.410 e. The molecule has 0 radical (unpaired) electrons. The van der Waals surface area contributed by atoms with Crippen LogP contribution in [0.5, 0.6) is 0 Å². The first-order valence-corrected chi connectivity index (χ1v) is 4.82. The van der Waals surface area contributed by atoms with Gasteiger partial charge in [0.2, 0.25) is 0 Å². The fraction of sp³-hybridized carbons (Fsp3) is 0.875. The van der Waals surface area contributed by atoms with Gasteiger partial charge in [0.25, 0.3) is 0 Å². The van der Waals surface area contributed by atoms with Crippen LogP contribution in [0.1, 0.15) is 19.8 Å². The van der Waals surface area contributed by atoms with Crippen LogP contribution in [0.4, 0.5) is 4.79 Å². The lowest BCUT2D eigenvalue weighted by Gasteiger charge is -2.18. The van der Waals surface area contributed by atoms with Crippen LogP contribution < -0.4 is 0 Å². The van der Waals surface area contributed by atoms with Crippen LogP contribution in [0.3, 0.4) is 0 Å². The topological polar surface area (TPSA) is 29.5 Å². The Labute approximate surface area is 77.6 Å². The zero-order valence-electron chi connectivity index (χ0n) is 7.25. The summed E-state index contributed by atoms with van der Waals surface area (Å²) in [6.45, 7) is 3.32. The van der Waals surface area contributed by atoms with Crippen molar-refractivity contribution in [3.63, 3.8) is 0 Å². The minimum atomic E-state index is -0.188. The number of cyclic esters (lactones) is 1. The number of halogens is 1. The van der Waals surface area contributed by atoms with Gasteiger partial charge in [0, 0.05) is 12.4 Å². The Bertz CT molecular complexity index is 163. The van der Waals surface area contributed by atoms with E-state index < -0.39 is 0 Å². The third-order valence-corrected chi connectivity index (χ3v) is 2.35. The van der Waals surface area contributed by atoms with Gasteiger partial charge in [0.05, 0.1) is 6.04 Å². The summed E-state index contributed by atoms with van der Waals surface area (Å²) in [4.78, 5) is 12.9. The van der Waals surface area contributed by atoms with Crippen molar-refractivity contribution in [2.24, 2.45) is 0 Å². The zero-order valence-corrected chi connectivity index (χ0v) is 8.01. The molecule has 1 rings (SSSR count). The largest absolute Gasteiger partial charge is 0.447 e. The van der Waals surface area contributed by atoms with Gasteiger partial charge in [-0.1, -0.05) is 6.92 Å². The third kappa shape index (κ3) is 2.03. The maximum absolute atomic E-state index is 11.1. The van der Waals surface area contributed by atoms with Crippen molar-refractivity contribution in [3.8, 4) is 0 Å². The Morgan fingerprint density at radius 3 is 3.08 bits per heavy atom. The average molecular weight is 192 g/mol. The van der Waals surface area contributed by atoms with Gasteiger partial charge in [0.15, 0.2) is 0 Å². The molecular weight excluding hydrogens is 178 g/mol. The zero-order chi connectivity index (χ0) is 8.97.